The van der Waals surface area contributed by atoms with Crippen molar-refractivity contribution in [2.75, 3.05) is 18.0 Å². The molecule has 112 valence electrons. The van der Waals surface area contributed by atoms with E-state index >= 15 is 0 Å². The van der Waals surface area contributed by atoms with E-state index in [2.05, 4.69) is 14.8 Å². The topological polar surface area (TPSA) is 78.3 Å². The van der Waals surface area contributed by atoms with E-state index in [1.807, 2.05) is 0 Å². The molecule has 1 aliphatic heterocycles. The van der Waals surface area contributed by atoms with Crippen LogP contribution >= 0.6 is 11.6 Å². The zero-order valence-electron chi connectivity index (χ0n) is 10.7. The highest BCUT2D eigenvalue weighted by molar-refractivity contribution is 6.31. The van der Waals surface area contributed by atoms with Crippen molar-refractivity contribution in [1.82, 2.24) is 0 Å². The number of benzene rings is 1. The predicted octanol–water partition coefficient (Wildman–Crippen LogP) is 3.60. The van der Waals surface area contributed by atoms with Gasteiger partial charge in [0.15, 0.2) is 0 Å². The Morgan fingerprint density at radius 1 is 1.57 bits per heavy atom. The van der Waals surface area contributed by atoms with Crippen LogP contribution in [0.1, 0.15) is 6.42 Å². The number of nitrogens with zero attached hydrogens (tertiary/aromatic N) is 4. The lowest BCUT2D eigenvalue weighted by Crippen LogP contribution is -2.25. The number of ether oxygens (including phenoxy) is 1. The van der Waals surface area contributed by atoms with E-state index in [1.165, 1.54) is 23.1 Å². The third-order valence-corrected chi connectivity index (χ3v) is 3.27. The fourth-order valence-corrected chi connectivity index (χ4v) is 2.35. The molecule has 1 aromatic carbocycles. The van der Waals surface area contributed by atoms with E-state index in [9.17, 15) is 13.6 Å². The number of hydrogen-bond donors (Lipinski definition) is 0. The van der Waals surface area contributed by atoms with Crippen LogP contribution in [0.2, 0.25) is 5.02 Å². The van der Waals surface area contributed by atoms with Gasteiger partial charge in [0.2, 0.25) is 5.91 Å². The Kier molecular flexibility index (Phi) is 4.82. The lowest BCUT2D eigenvalue weighted by atomic mass is 10.1. The van der Waals surface area contributed by atoms with Crippen LogP contribution in [0.4, 0.5) is 14.5 Å². The Bertz CT molecular complexity index is 593. The molecule has 1 heterocycles. The first-order valence-electron chi connectivity index (χ1n) is 6.07. The maximum atomic E-state index is 12.4. The molecule has 0 saturated carbocycles. The molecule has 0 aliphatic carbocycles. The summed E-state index contributed by atoms with van der Waals surface area (Å²) in [5.41, 5.74) is 8.49. The monoisotopic (exact) mass is 316 g/mol. The predicted molar refractivity (Wildman–Crippen MR) is 72.6 cm³/mol. The lowest BCUT2D eigenvalue weighted by Gasteiger charge is -2.20. The van der Waals surface area contributed by atoms with Crippen LogP contribution in [0.3, 0.4) is 0 Å². The fourth-order valence-electron chi connectivity index (χ4n) is 2.19. The number of amides is 1. The van der Waals surface area contributed by atoms with E-state index in [-0.39, 0.29) is 42.8 Å². The summed E-state index contributed by atoms with van der Waals surface area (Å²) in [5, 5.41) is 3.73. The summed E-state index contributed by atoms with van der Waals surface area (Å²) in [6, 6.07) is 4.09. The summed E-state index contributed by atoms with van der Waals surface area (Å²) < 4.78 is 29.2. The van der Waals surface area contributed by atoms with Crippen LogP contribution in [-0.2, 0) is 4.79 Å². The van der Waals surface area contributed by atoms with Crippen molar-refractivity contribution in [2.24, 2.45) is 11.0 Å². The number of rotatable bonds is 5. The second-order valence-electron chi connectivity index (χ2n) is 4.48. The molecule has 9 heteroatoms. The van der Waals surface area contributed by atoms with Crippen molar-refractivity contribution < 1.29 is 18.3 Å². The molecule has 1 fully saturated rings. The van der Waals surface area contributed by atoms with Gasteiger partial charge in [-0.2, -0.15) is 8.78 Å². The molecule has 0 aromatic heterocycles. The van der Waals surface area contributed by atoms with Gasteiger partial charge in [-0.05, 0) is 29.6 Å². The molecule has 6 nitrogen and oxygen atoms in total. The maximum absolute atomic E-state index is 12.4. The Balaban J connectivity index is 2.26. The number of hydrogen-bond acceptors (Lipinski definition) is 3. The van der Waals surface area contributed by atoms with Gasteiger partial charge in [0.25, 0.3) is 0 Å². The van der Waals surface area contributed by atoms with Crippen molar-refractivity contribution in [3.8, 4) is 5.75 Å². The molecule has 1 aromatic rings. The fraction of sp³-hybridized carbons (Fsp3) is 0.417. The average molecular weight is 317 g/mol. The number of halogens is 3. The normalized spacial score (nSPS) is 18.0. The van der Waals surface area contributed by atoms with E-state index in [0.717, 1.165) is 0 Å². The SMILES string of the molecule is [N-]=[N+]=NCC1CC(=O)N(c2cc(Cl)ccc2OC(F)F)C1. The van der Waals surface area contributed by atoms with Crippen molar-refractivity contribution in [3.63, 3.8) is 0 Å². The van der Waals surface area contributed by atoms with Gasteiger partial charge in [0.05, 0.1) is 5.69 Å². The molecule has 1 atom stereocenters. The number of carbonyl (C=O) groups excluding carboxylic acids is 1. The van der Waals surface area contributed by atoms with Crippen molar-refractivity contribution in [3.05, 3.63) is 33.7 Å². The third kappa shape index (κ3) is 3.74. The third-order valence-electron chi connectivity index (χ3n) is 3.04. The quantitative estimate of drug-likeness (QED) is 0.472. The van der Waals surface area contributed by atoms with Crippen LogP contribution in [0.25, 0.3) is 10.4 Å². The van der Waals surface area contributed by atoms with Crippen LogP contribution in [-0.4, -0.2) is 25.6 Å². The van der Waals surface area contributed by atoms with Gasteiger partial charge >= 0.3 is 6.61 Å². The summed E-state index contributed by atoms with van der Waals surface area (Å²) in [6.07, 6.45) is 0.180. The first kappa shape index (κ1) is 15.3. The highest BCUT2D eigenvalue weighted by atomic mass is 35.5. The van der Waals surface area contributed by atoms with E-state index in [4.69, 9.17) is 17.1 Å². The van der Waals surface area contributed by atoms with E-state index < -0.39 is 6.61 Å². The van der Waals surface area contributed by atoms with Gasteiger partial charge in [-0.1, -0.05) is 16.7 Å². The van der Waals surface area contributed by atoms with E-state index in [0.29, 0.717) is 5.02 Å². The van der Waals surface area contributed by atoms with Crippen molar-refractivity contribution >= 4 is 23.2 Å². The zero-order chi connectivity index (χ0) is 15.4. The number of azide groups is 1. The van der Waals surface area contributed by atoms with Crippen molar-refractivity contribution in [2.45, 2.75) is 13.0 Å². The Labute approximate surface area is 123 Å². The second kappa shape index (κ2) is 6.60. The molecule has 1 unspecified atom stereocenters. The molecule has 1 aliphatic rings. The van der Waals surface area contributed by atoms with Gasteiger partial charge in [-0.15, -0.1) is 0 Å². The van der Waals surface area contributed by atoms with Gasteiger partial charge < -0.3 is 9.64 Å². The molecule has 0 bridgehead atoms. The van der Waals surface area contributed by atoms with E-state index in [1.54, 1.807) is 0 Å². The van der Waals surface area contributed by atoms with Gasteiger partial charge in [-0.25, -0.2) is 0 Å². The number of carbonyl (C=O) groups is 1. The molecular weight excluding hydrogens is 306 g/mol. The van der Waals surface area contributed by atoms with Gasteiger partial charge in [-0.3, -0.25) is 4.79 Å². The molecule has 2 rings (SSSR count). The summed E-state index contributed by atoms with van der Waals surface area (Å²) in [7, 11) is 0. The minimum absolute atomic E-state index is 0.118. The average Bonchev–Trinajstić information content (AvgIpc) is 2.79. The molecule has 0 N–H and O–H groups in total. The Hall–Kier alpha value is -2.05. The van der Waals surface area contributed by atoms with Crippen LogP contribution in [0.15, 0.2) is 23.3 Å². The standard InChI is InChI=1S/C12H11ClF2N4O2/c13-8-1-2-10(21-12(14)15)9(4-8)19-6-7(3-11(19)20)5-17-18-16/h1-2,4,7,12H,3,5-6H2. The maximum Gasteiger partial charge on any atom is 0.387 e. The summed E-state index contributed by atoms with van der Waals surface area (Å²) >= 11 is 5.85. The highest BCUT2D eigenvalue weighted by Crippen LogP contribution is 2.36. The summed E-state index contributed by atoms with van der Waals surface area (Å²) in [5.74, 6) is -0.534. The molecular formula is C12H11ClF2N4O2. The molecule has 0 radical (unpaired) electrons. The number of anilines is 1. The molecule has 1 amide bonds. The second-order valence-corrected chi connectivity index (χ2v) is 4.91. The molecule has 1 saturated heterocycles. The molecule has 21 heavy (non-hydrogen) atoms. The molecule has 0 spiro atoms. The Morgan fingerprint density at radius 2 is 2.33 bits per heavy atom. The first-order valence-corrected chi connectivity index (χ1v) is 6.44. The number of alkyl halides is 2. The van der Waals surface area contributed by atoms with Crippen LogP contribution < -0.4 is 9.64 Å². The zero-order valence-corrected chi connectivity index (χ0v) is 11.5. The van der Waals surface area contributed by atoms with Gasteiger partial charge in [0.1, 0.15) is 5.75 Å². The van der Waals surface area contributed by atoms with Crippen molar-refractivity contribution in [1.29, 1.82) is 0 Å². The van der Waals surface area contributed by atoms with Gasteiger partial charge in [0, 0.05) is 29.4 Å². The smallest absolute Gasteiger partial charge is 0.387 e. The minimum atomic E-state index is -3.00. The largest absolute Gasteiger partial charge is 0.433 e. The Morgan fingerprint density at radius 3 is 3.00 bits per heavy atom. The summed E-state index contributed by atoms with van der Waals surface area (Å²) in [4.78, 5) is 16.0. The lowest BCUT2D eigenvalue weighted by molar-refractivity contribution is -0.117. The minimum Gasteiger partial charge on any atom is -0.433 e. The van der Waals surface area contributed by atoms with Crippen LogP contribution in [0.5, 0.6) is 5.75 Å². The first-order chi connectivity index (χ1) is 10.0. The summed E-state index contributed by atoms with van der Waals surface area (Å²) in [6.45, 7) is -2.57. The van der Waals surface area contributed by atoms with Crippen LogP contribution in [0, 0.1) is 5.92 Å². The highest BCUT2D eigenvalue weighted by Gasteiger charge is 2.32.